The van der Waals surface area contributed by atoms with E-state index in [1.807, 2.05) is 0 Å². The summed E-state index contributed by atoms with van der Waals surface area (Å²) in [7, 11) is -5.27. The third-order valence-corrected chi connectivity index (χ3v) is 4.29. The molecular formula is C22H42NNa2O8P. The molecule has 34 heavy (non-hydrogen) atoms. The maximum absolute atomic E-state index is 12.0. The Morgan fingerprint density at radius 2 is 1.47 bits per heavy atom. The fraction of sp³-hybridized carbons (Fsp3) is 0.636. The molecule has 3 N–H and O–H groups in total. The van der Waals surface area contributed by atoms with Gasteiger partial charge in [-0.25, -0.2) is 4.79 Å². The summed E-state index contributed by atoms with van der Waals surface area (Å²) >= 11 is 0. The van der Waals surface area contributed by atoms with E-state index < -0.39 is 39.1 Å². The first-order valence-corrected chi connectivity index (χ1v) is 11.7. The van der Waals surface area contributed by atoms with Crippen LogP contribution >= 0.6 is 7.82 Å². The number of phosphoric ester groups is 1. The van der Waals surface area contributed by atoms with E-state index in [9.17, 15) is 23.9 Å². The van der Waals surface area contributed by atoms with Crippen LogP contribution in [0.15, 0.2) is 0 Å². The second-order valence-electron chi connectivity index (χ2n) is 6.55. The van der Waals surface area contributed by atoms with Gasteiger partial charge < -0.3 is 34.5 Å². The Hall–Kier alpha value is -0.310. The molecule has 0 bridgehead atoms. The number of unbranched alkanes of at least 4 members (excludes halogenated alkanes) is 7. The minimum Gasteiger partial charge on any atom is -0.790 e. The van der Waals surface area contributed by atoms with Gasteiger partial charge in [-0.3, -0.25) is 4.79 Å². The summed E-state index contributed by atoms with van der Waals surface area (Å²) in [6, 6.07) is 0. The van der Waals surface area contributed by atoms with Gasteiger partial charge in [0.2, 0.25) is 0 Å². The van der Waals surface area contributed by atoms with Crippen molar-refractivity contribution in [1.29, 1.82) is 0 Å². The quantitative estimate of drug-likeness (QED) is 0.0597. The van der Waals surface area contributed by atoms with E-state index in [1.54, 1.807) is 6.92 Å². The SMILES string of the molecule is CC#CC#CC#CC(=O)OC[C@H](COP(=O)([O-])[O-])OC(=O)CCCCCCCCCC.N.[HH].[HH].[HH].[HH].[HH].[Na+].[Na+]. The topological polar surface area (TPSA) is 160 Å². The van der Waals surface area contributed by atoms with Crippen LogP contribution in [0.25, 0.3) is 0 Å². The Kier molecular flexibility index (Phi) is 32.8. The standard InChI is InChI=1S/C22H31O8P.H3N.2Na.5H2/c1-3-5-7-9-10-11-13-15-17-22(24)30-20(19-29-31(25,26)27)18-28-21(23)16-14-12-8-6-4-2;;;;;;;;/h20H,3,5,7,9-11,13,15,17-19H2,1-2H3,(H2,25,26,27);1H3;;;5*1H/q;;2*+1;;;;;/p-2/t20-;;;;;;;;/m1......../s1. The van der Waals surface area contributed by atoms with E-state index >= 15 is 0 Å². The van der Waals surface area contributed by atoms with Crippen molar-refractivity contribution < 1.29 is 104 Å². The van der Waals surface area contributed by atoms with Crippen molar-refractivity contribution in [3.8, 4) is 35.5 Å². The molecule has 0 rings (SSSR count). The maximum atomic E-state index is 12.0. The summed E-state index contributed by atoms with van der Waals surface area (Å²) in [4.78, 5) is 44.9. The van der Waals surface area contributed by atoms with Gasteiger partial charge in [0, 0.05) is 19.5 Å². The zero-order chi connectivity index (χ0) is 23.4. The third-order valence-electron chi connectivity index (χ3n) is 3.83. The minimum atomic E-state index is -5.27. The molecule has 0 aromatic heterocycles. The molecule has 1 atom stereocenters. The van der Waals surface area contributed by atoms with Crippen LogP contribution in [0.4, 0.5) is 0 Å². The van der Waals surface area contributed by atoms with Crippen LogP contribution < -0.4 is 75.1 Å². The van der Waals surface area contributed by atoms with Crippen molar-refractivity contribution in [2.75, 3.05) is 13.2 Å². The van der Waals surface area contributed by atoms with E-state index in [0.29, 0.717) is 6.42 Å². The Balaban J connectivity index is -0.000000161. The van der Waals surface area contributed by atoms with Gasteiger partial charge in [-0.15, -0.1) is 0 Å². The molecule has 0 aromatic rings. The van der Waals surface area contributed by atoms with Crippen molar-refractivity contribution in [3.63, 3.8) is 0 Å². The fourth-order valence-corrected chi connectivity index (χ4v) is 2.70. The molecule has 0 heterocycles. The zero-order valence-electron chi connectivity index (χ0n) is 20.8. The molecular weight excluding hydrogens is 483 g/mol. The number of carbonyl (C=O) groups excluding carboxylic acids is 2. The van der Waals surface area contributed by atoms with Crippen molar-refractivity contribution in [3.05, 3.63) is 0 Å². The average molecular weight is 526 g/mol. The van der Waals surface area contributed by atoms with Gasteiger partial charge >= 0.3 is 71.1 Å². The second kappa shape index (κ2) is 27.3. The van der Waals surface area contributed by atoms with Crippen LogP contribution in [0.2, 0.25) is 0 Å². The van der Waals surface area contributed by atoms with E-state index in [0.717, 1.165) is 19.3 Å². The number of rotatable bonds is 15. The first-order chi connectivity index (χ1) is 14.8. The third kappa shape index (κ3) is 29.7. The van der Waals surface area contributed by atoms with Gasteiger partial charge in [0.05, 0.1) is 14.4 Å². The van der Waals surface area contributed by atoms with Gasteiger partial charge in [-0.2, -0.15) is 0 Å². The maximum Gasteiger partial charge on any atom is 1.00 e. The number of esters is 2. The van der Waals surface area contributed by atoms with E-state index in [2.05, 4.69) is 47.0 Å². The van der Waals surface area contributed by atoms with Crippen molar-refractivity contribution in [2.24, 2.45) is 0 Å². The van der Waals surface area contributed by atoms with E-state index in [1.165, 1.54) is 25.7 Å². The first-order valence-electron chi connectivity index (χ1n) is 10.2. The van der Waals surface area contributed by atoms with Crippen molar-refractivity contribution >= 4 is 19.8 Å². The smallest absolute Gasteiger partial charge is 0.790 e. The van der Waals surface area contributed by atoms with E-state index in [-0.39, 0.29) is 78.8 Å². The minimum absolute atomic E-state index is 0. The van der Waals surface area contributed by atoms with Crippen LogP contribution in [-0.4, -0.2) is 31.3 Å². The fourth-order valence-electron chi connectivity index (χ4n) is 2.35. The van der Waals surface area contributed by atoms with Crippen LogP contribution in [0, 0.1) is 35.5 Å². The molecule has 0 saturated heterocycles. The molecule has 0 saturated carbocycles. The molecule has 0 aliphatic carbocycles. The van der Waals surface area contributed by atoms with Crippen molar-refractivity contribution in [1.82, 2.24) is 6.15 Å². The first kappa shape index (κ1) is 40.8. The molecule has 0 spiro atoms. The molecule has 9 nitrogen and oxygen atoms in total. The summed E-state index contributed by atoms with van der Waals surface area (Å²) in [5, 5.41) is 0. The summed E-state index contributed by atoms with van der Waals surface area (Å²) in [5.74, 6) is 12.4. The molecule has 0 aliphatic rings. The zero-order valence-corrected chi connectivity index (χ0v) is 25.7. The Morgan fingerprint density at radius 1 is 0.912 bits per heavy atom. The van der Waals surface area contributed by atoms with Gasteiger partial charge in [0.1, 0.15) is 6.61 Å². The predicted molar refractivity (Wildman–Crippen MR) is 126 cm³/mol. The second-order valence-corrected chi connectivity index (χ2v) is 7.71. The molecule has 12 heteroatoms. The average Bonchev–Trinajstić information content (AvgIpc) is 2.71. The van der Waals surface area contributed by atoms with E-state index in [4.69, 9.17) is 9.47 Å². The normalized spacial score (nSPS) is 10.0. The molecule has 0 aliphatic heterocycles. The van der Waals surface area contributed by atoms with Crippen LogP contribution in [0.3, 0.4) is 0 Å². The van der Waals surface area contributed by atoms with Crippen LogP contribution in [-0.2, 0) is 28.2 Å². The largest absolute Gasteiger partial charge is 1.00 e. The van der Waals surface area contributed by atoms with Crippen molar-refractivity contribution in [2.45, 2.75) is 77.7 Å². The molecule has 0 fully saturated rings. The predicted octanol–water partition coefficient (Wildman–Crippen LogP) is -2.75. The van der Waals surface area contributed by atoms with Gasteiger partial charge in [-0.1, -0.05) is 57.8 Å². The number of hydrogen-bond acceptors (Lipinski definition) is 9. The van der Waals surface area contributed by atoms with Gasteiger partial charge in [0.25, 0.3) is 0 Å². The summed E-state index contributed by atoms with van der Waals surface area (Å²) in [6.07, 6.45) is 7.29. The Morgan fingerprint density at radius 3 is 2.03 bits per heavy atom. The Labute approximate surface area is 255 Å². The van der Waals surface area contributed by atoms with Crippen LogP contribution in [0.5, 0.6) is 0 Å². The summed E-state index contributed by atoms with van der Waals surface area (Å²) in [5.41, 5.74) is 0. The molecule has 0 aromatic carbocycles. The molecule has 0 unspecified atom stereocenters. The molecule has 0 amide bonds. The number of hydrogen-bond donors (Lipinski definition) is 1. The summed E-state index contributed by atoms with van der Waals surface area (Å²) in [6.45, 7) is 2.49. The number of phosphoric acid groups is 1. The van der Waals surface area contributed by atoms with Gasteiger partial charge in [0.15, 0.2) is 6.10 Å². The Bertz CT molecular complexity index is 805. The summed E-state index contributed by atoms with van der Waals surface area (Å²) < 4.78 is 24.7. The molecule has 0 radical (unpaired) electrons. The number of carbonyl (C=O) groups is 2. The van der Waals surface area contributed by atoms with Gasteiger partial charge in [-0.05, 0) is 37.0 Å². The monoisotopic (exact) mass is 525 g/mol. The van der Waals surface area contributed by atoms with Crippen LogP contribution in [0.1, 0.15) is 78.8 Å². The number of ether oxygens (including phenoxy) is 2. The molecule has 190 valence electrons.